The molecule has 0 saturated carbocycles. The van der Waals surface area contributed by atoms with E-state index in [2.05, 4.69) is 17.1 Å². The van der Waals surface area contributed by atoms with Crippen molar-refractivity contribution < 1.29 is 14.6 Å². The van der Waals surface area contributed by atoms with E-state index >= 15 is 0 Å². The van der Waals surface area contributed by atoms with E-state index in [0.29, 0.717) is 28.8 Å². The molecule has 0 radical (unpaired) electrons. The highest BCUT2D eigenvalue weighted by Crippen LogP contribution is 2.40. The van der Waals surface area contributed by atoms with Crippen LogP contribution in [0.3, 0.4) is 0 Å². The second-order valence-corrected chi connectivity index (χ2v) is 10.2. The normalized spacial score (nSPS) is 21.0. The zero-order valence-corrected chi connectivity index (χ0v) is 23.3. The van der Waals surface area contributed by atoms with Crippen molar-refractivity contribution in [3.63, 3.8) is 0 Å². The van der Waals surface area contributed by atoms with Crippen molar-refractivity contribution in [1.29, 1.82) is 0 Å². The molecular weight excluding hydrogens is 521 g/mol. The summed E-state index contributed by atoms with van der Waals surface area (Å²) in [6.45, 7) is 7.40. The number of carbonyl (C=O) groups excluding carboxylic acids is 1. The van der Waals surface area contributed by atoms with Gasteiger partial charge in [-0.1, -0.05) is 23.7 Å². The molecule has 2 aliphatic rings. The molecule has 4 rings (SSSR count). The van der Waals surface area contributed by atoms with E-state index in [1.165, 1.54) is 0 Å². The molecule has 3 atom stereocenters. The fraction of sp³-hybridized carbons (Fsp3) is 0.519. The molecule has 1 amide bonds. The number of aromatic hydroxyl groups is 1. The van der Waals surface area contributed by atoms with E-state index < -0.39 is 0 Å². The molecule has 0 aromatic heterocycles. The lowest BCUT2D eigenvalue weighted by Gasteiger charge is -2.40. The van der Waals surface area contributed by atoms with Crippen LogP contribution in [0.15, 0.2) is 36.4 Å². The van der Waals surface area contributed by atoms with Crippen LogP contribution in [0, 0.1) is 12.8 Å². The highest BCUT2D eigenvalue weighted by Gasteiger charge is 2.35. The number of amides is 1. The maximum atomic E-state index is 12.4. The molecule has 9 heteroatoms. The topological polar surface area (TPSA) is 87.8 Å². The second-order valence-electron chi connectivity index (χ2n) is 9.75. The SMILES string of the molecule is Cc1ccc2c(c1O)C[C@@H](C1CCN(CCC(C)NC(=O)c3ccc(Cl)cc3)CC1)O[C@H]2CN.Cl.Cl. The van der Waals surface area contributed by atoms with Gasteiger partial charge in [-0.3, -0.25) is 4.79 Å². The smallest absolute Gasteiger partial charge is 0.251 e. The van der Waals surface area contributed by atoms with E-state index in [4.69, 9.17) is 22.1 Å². The lowest BCUT2D eigenvalue weighted by molar-refractivity contribution is -0.0647. The van der Waals surface area contributed by atoms with Gasteiger partial charge >= 0.3 is 0 Å². The van der Waals surface area contributed by atoms with Gasteiger partial charge in [0.2, 0.25) is 0 Å². The Hall–Kier alpha value is -1.54. The molecule has 2 aliphatic heterocycles. The fourth-order valence-corrected chi connectivity index (χ4v) is 5.31. The minimum Gasteiger partial charge on any atom is -0.507 e. The summed E-state index contributed by atoms with van der Waals surface area (Å²) in [5.74, 6) is 0.794. The van der Waals surface area contributed by atoms with Crippen molar-refractivity contribution in [3.05, 3.63) is 63.7 Å². The van der Waals surface area contributed by atoms with Gasteiger partial charge in [-0.25, -0.2) is 0 Å². The van der Waals surface area contributed by atoms with Crippen LogP contribution in [0.1, 0.15) is 59.3 Å². The molecule has 2 aromatic rings. The summed E-state index contributed by atoms with van der Waals surface area (Å²) in [5.41, 5.74) is 9.60. The predicted octanol–water partition coefficient (Wildman–Crippen LogP) is 5.06. The Morgan fingerprint density at radius 2 is 1.86 bits per heavy atom. The fourth-order valence-electron chi connectivity index (χ4n) is 5.18. The molecule has 1 saturated heterocycles. The molecule has 6 nitrogen and oxygen atoms in total. The number of fused-ring (bicyclic) bond motifs is 1. The number of rotatable bonds is 7. The van der Waals surface area contributed by atoms with Crippen LogP contribution in [0.2, 0.25) is 5.02 Å². The van der Waals surface area contributed by atoms with Crippen LogP contribution in [-0.2, 0) is 11.2 Å². The van der Waals surface area contributed by atoms with Crippen LogP contribution in [0.4, 0.5) is 0 Å². The molecule has 36 heavy (non-hydrogen) atoms. The first kappa shape index (κ1) is 30.7. The minimum absolute atomic E-state index is 0. The number of phenols is 1. The summed E-state index contributed by atoms with van der Waals surface area (Å²) < 4.78 is 6.41. The van der Waals surface area contributed by atoms with Crippen molar-refractivity contribution in [2.75, 3.05) is 26.2 Å². The third-order valence-electron chi connectivity index (χ3n) is 7.35. The van der Waals surface area contributed by atoms with Crippen molar-refractivity contribution >= 4 is 42.3 Å². The molecule has 4 N–H and O–H groups in total. The first-order valence-corrected chi connectivity index (χ1v) is 12.7. The number of hydrogen-bond donors (Lipinski definition) is 3. The predicted molar refractivity (Wildman–Crippen MR) is 150 cm³/mol. The Balaban J connectivity index is 0.00000228. The van der Waals surface area contributed by atoms with Crippen LogP contribution in [0.5, 0.6) is 5.75 Å². The van der Waals surface area contributed by atoms with E-state index in [0.717, 1.165) is 62.0 Å². The molecule has 2 heterocycles. The lowest BCUT2D eigenvalue weighted by atomic mass is 9.83. The van der Waals surface area contributed by atoms with Crippen LogP contribution in [0.25, 0.3) is 0 Å². The number of nitrogens with zero attached hydrogens (tertiary/aromatic N) is 1. The molecule has 2 aromatic carbocycles. The van der Waals surface area contributed by atoms with Gasteiger partial charge in [0.25, 0.3) is 5.91 Å². The monoisotopic (exact) mass is 557 g/mol. The van der Waals surface area contributed by atoms with Gasteiger partial charge in [0.15, 0.2) is 0 Å². The highest BCUT2D eigenvalue weighted by molar-refractivity contribution is 6.30. The number of carbonyl (C=O) groups is 1. The second kappa shape index (κ2) is 13.8. The first-order chi connectivity index (χ1) is 16.4. The Bertz CT molecular complexity index is 998. The zero-order chi connectivity index (χ0) is 24.2. The largest absolute Gasteiger partial charge is 0.507 e. The van der Waals surface area contributed by atoms with Gasteiger partial charge in [0.05, 0.1) is 12.2 Å². The number of benzene rings is 2. The zero-order valence-electron chi connectivity index (χ0n) is 20.9. The lowest BCUT2D eigenvalue weighted by Crippen LogP contribution is -2.43. The number of piperidine rings is 1. The maximum Gasteiger partial charge on any atom is 0.251 e. The van der Waals surface area contributed by atoms with Crippen molar-refractivity contribution in [2.24, 2.45) is 11.7 Å². The number of halogens is 3. The minimum atomic E-state index is -0.150. The average Bonchev–Trinajstić information content (AvgIpc) is 2.85. The van der Waals surface area contributed by atoms with Gasteiger partial charge < -0.3 is 25.8 Å². The quantitative estimate of drug-likeness (QED) is 0.442. The molecule has 0 spiro atoms. The molecule has 0 aliphatic carbocycles. The van der Waals surface area contributed by atoms with Crippen molar-refractivity contribution in [3.8, 4) is 5.75 Å². The van der Waals surface area contributed by atoms with E-state index in [1.54, 1.807) is 24.3 Å². The molecule has 0 bridgehead atoms. The summed E-state index contributed by atoms with van der Waals surface area (Å²) in [6, 6.07) is 11.0. The summed E-state index contributed by atoms with van der Waals surface area (Å²) in [4.78, 5) is 14.9. The number of nitrogens with one attached hydrogen (secondary N) is 1. The van der Waals surface area contributed by atoms with Crippen LogP contribution < -0.4 is 11.1 Å². The van der Waals surface area contributed by atoms with Crippen molar-refractivity contribution in [1.82, 2.24) is 10.2 Å². The van der Waals surface area contributed by atoms with E-state index in [1.807, 2.05) is 19.1 Å². The number of likely N-dealkylation sites (tertiary alicyclic amines) is 1. The van der Waals surface area contributed by atoms with Gasteiger partial charge in [0.1, 0.15) is 5.75 Å². The molecule has 1 unspecified atom stereocenters. The molecular formula is C27H38Cl3N3O3. The molecule has 1 fully saturated rings. The number of hydrogen-bond acceptors (Lipinski definition) is 5. The van der Waals surface area contributed by atoms with Gasteiger partial charge in [-0.2, -0.15) is 0 Å². The van der Waals surface area contributed by atoms with Crippen LogP contribution >= 0.6 is 36.4 Å². The standard InChI is InChI=1S/C27H36ClN3O3.2ClH/c1-17-3-8-22-23(26(17)32)15-24(34-25(22)16-29)19-10-13-31(14-11-19)12-9-18(2)30-27(33)20-4-6-21(28)7-5-20;;/h3-8,18-19,24-25,32H,9-16,29H2,1-2H3,(H,30,33);2*1H/t18?,24-,25-;;/m0../s1. The first-order valence-electron chi connectivity index (χ1n) is 12.3. The Morgan fingerprint density at radius 3 is 2.50 bits per heavy atom. The summed E-state index contributed by atoms with van der Waals surface area (Å²) in [6.07, 6.45) is 3.72. The maximum absolute atomic E-state index is 12.4. The average molecular weight is 559 g/mol. The van der Waals surface area contributed by atoms with Gasteiger partial charge in [-0.05, 0) is 87.5 Å². The Kier molecular flexibility index (Phi) is 11.8. The van der Waals surface area contributed by atoms with Crippen LogP contribution in [-0.4, -0.2) is 54.2 Å². The highest BCUT2D eigenvalue weighted by atomic mass is 35.5. The Labute approximate surface area is 231 Å². The third-order valence-corrected chi connectivity index (χ3v) is 7.60. The van der Waals surface area contributed by atoms with Crippen molar-refractivity contribution in [2.45, 2.75) is 57.8 Å². The van der Waals surface area contributed by atoms with E-state index in [9.17, 15) is 9.90 Å². The number of ether oxygens (including phenoxy) is 1. The molecule has 200 valence electrons. The van der Waals surface area contributed by atoms with Gasteiger partial charge in [0, 0.05) is 41.7 Å². The number of nitrogens with two attached hydrogens (primary N) is 1. The van der Waals surface area contributed by atoms with E-state index in [-0.39, 0.29) is 49.0 Å². The summed E-state index contributed by atoms with van der Waals surface area (Å²) in [5, 5.41) is 14.4. The number of phenolic OH excluding ortho intramolecular Hbond substituents is 1. The number of aryl methyl sites for hydroxylation is 1. The Morgan fingerprint density at radius 1 is 1.19 bits per heavy atom. The van der Waals surface area contributed by atoms with Gasteiger partial charge in [-0.15, -0.1) is 24.8 Å². The summed E-state index contributed by atoms with van der Waals surface area (Å²) >= 11 is 5.91. The summed E-state index contributed by atoms with van der Waals surface area (Å²) in [7, 11) is 0. The third kappa shape index (κ3) is 7.27.